The second kappa shape index (κ2) is 7.02. The van der Waals surface area contributed by atoms with Crippen molar-refractivity contribution in [3.8, 4) is 0 Å². The number of benzene rings is 1. The lowest BCUT2D eigenvalue weighted by Gasteiger charge is -2.36. The molecule has 1 aromatic carbocycles. The fourth-order valence-corrected chi connectivity index (χ4v) is 3.47. The summed E-state index contributed by atoms with van der Waals surface area (Å²) in [6, 6.07) is 8.60. The zero-order valence-corrected chi connectivity index (χ0v) is 14.2. The molecule has 23 heavy (non-hydrogen) atoms. The van der Waals surface area contributed by atoms with Gasteiger partial charge in [0.1, 0.15) is 0 Å². The van der Waals surface area contributed by atoms with Gasteiger partial charge in [0.15, 0.2) is 0 Å². The van der Waals surface area contributed by atoms with E-state index < -0.39 is 0 Å². The van der Waals surface area contributed by atoms with E-state index in [1.807, 2.05) is 0 Å². The summed E-state index contributed by atoms with van der Waals surface area (Å²) in [5.74, 6) is 0.622. The smallest absolute Gasteiger partial charge is 0.220 e. The number of ether oxygens (including phenoxy) is 1. The molecule has 0 spiro atoms. The van der Waals surface area contributed by atoms with Crippen molar-refractivity contribution in [3.05, 3.63) is 35.4 Å². The summed E-state index contributed by atoms with van der Waals surface area (Å²) in [7, 11) is 0. The van der Waals surface area contributed by atoms with Crippen LogP contribution in [0.1, 0.15) is 37.8 Å². The van der Waals surface area contributed by atoms with Crippen LogP contribution in [-0.4, -0.2) is 37.2 Å². The number of hydrogen-bond acceptors (Lipinski definition) is 3. The molecule has 1 aliphatic heterocycles. The molecule has 3 rings (SSSR count). The third-order valence-electron chi connectivity index (χ3n) is 4.94. The average Bonchev–Trinajstić information content (AvgIpc) is 2.54. The van der Waals surface area contributed by atoms with Crippen LogP contribution < -0.4 is 10.6 Å². The molecule has 4 heteroatoms. The lowest BCUT2D eigenvalue weighted by atomic mass is 9.82. The van der Waals surface area contributed by atoms with Crippen molar-refractivity contribution < 1.29 is 9.53 Å². The summed E-state index contributed by atoms with van der Waals surface area (Å²) in [5, 5.41) is 6.50. The summed E-state index contributed by atoms with van der Waals surface area (Å²) < 4.78 is 5.80. The Kier molecular flexibility index (Phi) is 5.02. The summed E-state index contributed by atoms with van der Waals surface area (Å²) >= 11 is 0. The first-order valence-corrected chi connectivity index (χ1v) is 8.72. The first-order chi connectivity index (χ1) is 11.0. The average molecular weight is 316 g/mol. The number of rotatable bonds is 4. The Morgan fingerprint density at radius 2 is 2.13 bits per heavy atom. The third-order valence-corrected chi connectivity index (χ3v) is 4.94. The molecule has 0 radical (unpaired) electrons. The highest BCUT2D eigenvalue weighted by Crippen LogP contribution is 2.27. The minimum Gasteiger partial charge on any atom is -0.373 e. The SMILES string of the molecule is CC1(C)COC(CNC(=O)CC2CCc3ccccc3C2)CN1. The first-order valence-electron chi connectivity index (χ1n) is 8.72. The number of carbonyl (C=O) groups excluding carboxylic acids is 1. The maximum Gasteiger partial charge on any atom is 0.220 e. The molecule has 2 unspecified atom stereocenters. The quantitative estimate of drug-likeness (QED) is 0.894. The lowest BCUT2D eigenvalue weighted by molar-refractivity contribution is -0.123. The summed E-state index contributed by atoms with van der Waals surface area (Å²) in [6.45, 7) is 6.34. The number of morpholine rings is 1. The predicted octanol–water partition coefficient (Wildman–Crippen LogP) is 2.06. The van der Waals surface area contributed by atoms with Gasteiger partial charge in [-0.05, 0) is 50.2 Å². The summed E-state index contributed by atoms with van der Waals surface area (Å²) in [5.41, 5.74) is 2.91. The van der Waals surface area contributed by atoms with Crippen LogP contribution >= 0.6 is 0 Å². The van der Waals surface area contributed by atoms with Crippen molar-refractivity contribution in [2.24, 2.45) is 5.92 Å². The highest BCUT2D eigenvalue weighted by molar-refractivity contribution is 5.76. The second-order valence-electron chi connectivity index (χ2n) is 7.58. The Morgan fingerprint density at radius 3 is 2.87 bits per heavy atom. The van der Waals surface area contributed by atoms with Crippen molar-refractivity contribution in [1.29, 1.82) is 0 Å². The van der Waals surface area contributed by atoms with E-state index in [-0.39, 0.29) is 17.6 Å². The monoisotopic (exact) mass is 316 g/mol. The van der Waals surface area contributed by atoms with Gasteiger partial charge >= 0.3 is 0 Å². The van der Waals surface area contributed by atoms with E-state index in [2.05, 4.69) is 48.7 Å². The molecule has 1 aliphatic carbocycles. The van der Waals surface area contributed by atoms with Crippen LogP contribution in [0.3, 0.4) is 0 Å². The van der Waals surface area contributed by atoms with Crippen molar-refractivity contribution >= 4 is 5.91 Å². The van der Waals surface area contributed by atoms with E-state index in [1.165, 1.54) is 11.1 Å². The highest BCUT2D eigenvalue weighted by Gasteiger charge is 2.27. The Balaban J connectivity index is 1.40. The molecule has 0 saturated carbocycles. The van der Waals surface area contributed by atoms with Crippen LogP contribution in [0, 0.1) is 5.92 Å². The fraction of sp³-hybridized carbons (Fsp3) is 0.632. The number of fused-ring (bicyclic) bond motifs is 1. The molecule has 1 amide bonds. The molecule has 2 atom stereocenters. The van der Waals surface area contributed by atoms with Gasteiger partial charge in [-0.15, -0.1) is 0 Å². The van der Waals surface area contributed by atoms with Crippen LogP contribution in [0.25, 0.3) is 0 Å². The molecule has 0 aromatic heterocycles. The molecular formula is C19H28N2O2. The Morgan fingerprint density at radius 1 is 1.35 bits per heavy atom. The lowest BCUT2D eigenvalue weighted by Crippen LogP contribution is -2.55. The highest BCUT2D eigenvalue weighted by atomic mass is 16.5. The normalized spacial score (nSPS) is 26.3. The van der Waals surface area contributed by atoms with Gasteiger partial charge in [-0.2, -0.15) is 0 Å². The molecule has 1 fully saturated rings. The predicted molar refractivity (Wildman–Crippen MR) is 91.4 cm³/mol. The number of hydrogen-bond donors (Lipinski definition) is 2. The molecule has 2 N–H and O–H groups in total. The third kappa shape index (κ3) is 4.55. The van der Waals surface area contributed by atoms with Crippen LogP contribution in [0.4, 0.5) is 0 Å². The molecule has 126 valence electrons. The molecular weight excluding hydrogens is 288 g/mol. The Hall–Kier alpha value is -1.39. The van der Waals surface area contributed by atoms with Crippen LogP contribution in [0.2, 0.25) is 0 Å². The zero-order chi connectivity index (χ0) is 16.3. The maximum absolute atomic E-state index is 12.2. The molecule has 2 aliphatic rings. The number of nitrogens with one attached hydrogen (secondary N) is 2. The van der Waals surface area contributed by atoms with Gasteiger partial charge in [0.2, 0.25) is 5.91 Å². The molecule has 0 bridgehead atoms. The van der Waals surface area contributed by atoms with E-state index in [9.17, 15) is 4.79 Å². The van der Waals surface area contributed by atoms with E-state index in [0.717, 1.165) is 25.8 Å². The van der Waals surface area contributed by atoms with Crippen molar-refractivity contribution in [3.63, 3.8) is 0 Å². The van der Waals surface area contributed by atoms with Crippen LogP contribution in [0.15, 0.2) is 24.3 Å². The van der Waals surface area contributed by atoms with E-state index in [0.29, 0.717) is 25.5 Å². The largest absolute Gasteiger partial charge is 0.373 e. The fourth-order valence-electron chi connectivity index (χ4n) is 3.47. The number of carbonyl (C=O) groups is 1. The van der Waals surface area contributed by atoms with E-state index in [1.54, 1.807) is 0 Å². The number of aryl methyl sites for hydroxylation is 1. The van der Waals surface area contributed by atoms with Gasteiger partial charge in [-0.3, -0.25) is 4.79 Å². The van der Waals surface area contributed by atoms with Gasteiger partial charge in [-0.25, -0.2) is 0 Å². The standard InChI is InChI=1S/C19H28N2O2/c1-19(2)13-23-17(12-21-19)11-20-18(22)10-14-7-8-15-5-3-4-6-16(15)9-14/h3-6,14,17,21H,7-13H2,1-2H3,(H,20,22). The molecule has 1 aromatic rings. The number of amides is 1. The minimum absolute atomic E-state index is 0.0377. The molecule has 4 nitrogen and oxygen atoms in total. The molecule has 1 heterocycles. The summed E-state index contributed by atoms with van der Waals surface area (Å²) in [6.07, 6.45) is 3.94. The van der Waals surface area contributed by atoms with Crippen molar-refractivity contribution in [1.82, 2.24) is 10.6 Å². The first kappa shape index (κ1) is 16.5. The van der Waals surface area contributed by atoms with E-state index >= 15 is 0 Å². The Labute approximate surface area is 139 Å². The molecule has 1 saturated heterocycles. The summed E-state index contributed by atoms with van der Waals surface area (Å²) in [4.78, 5) is 12.2. The van der Waals surface area contributed by atoms with Gasteiger partial charge in [0.05, 0.1) is 12.7 Å². The van der Waals surface area contributed by atoms with Gasteiger partial charge in [-0.1, -0.05) is 24.3 Å². The van der Waals surface area contributed by atoms with Crippen LogP contribution in [0.5, 0.6) is 0 Å². The Bertz CT molecular complexity index is 546. The minimum atomic E-state index is 0.0377. The van der Waals surface area contributed by atoms with E-state index in [4.69, 9.17) is 4.74 Å². The zero-order valence-electron chi connectivity index (χ0n) is 14.2. The maximum atomic E-state index is 12.2. The van der Waals surface area contributed by atoms with Crippen molar-refractivity contribution in [2.45, 2.75) is 51.2 Å². The van der Waals surface area contributed by atoms with Crippen molar-refractivity contribution in [2.75, 3.05) is 19.7 Å². The topological polar surface area (TPSA) is 50.4 Å². The van der Waals surface area contributed by atoms with Crippen LogP contribution in [-0.2, 0) is 22.4 Å². The van der Waals surface area contributed by atoms with Gasteiger partial charge in [0, 0.05) is 25.0 Å². The second-order valence-corrected chi connectivity index (χ2v) is 7.58. The van der Waals surface area contributed by atoms with Gasteiger partial charge in [0.25, 0.3) is 0 Å². The van der Waals surface area contributed by atoms with Gasteiger partial charge < -0.3 is 15.4 Å².